The third-order valence-corrected chi connectivity index (χ3v) is 3.12. The summed E-state index contributed by atoms with van der Waals surface area (Å²) in [4.78, 5) is 0. The normalized spacial score (nSPS) is 10.7. The van der Waals surface area contributed by atoms with Gasteiger partial charge in [0.1, 0.15) is 5.75 Å². The lowest BCUT2D eigenvalue weighted by Gasteiger charge is -2.09. The number of nitrogens with one attached hydrogen (secondary N) is 1. The molecule has 0 atom stereocenters. The van der Waals surface area contributed by atoms with E-state index in [1.165, 1.54) is 30.4 Å². The molecule has 0 fully saturated rings. The lowest BCUT2D eigenvalue weighted by Crippen LogP contribution is -2.19. The third-order valence-electron chi connectivity index (χ3n) is 3.12. The first kappa shape index (κ1) is 16.0. The molecule has 3 heteroatoms. The van der Waals surface area contributed by atoms with E-state index in [0.29, 0.717) is 6.54 Å². The van der Waals surface area contributed by atoms with Crippen LogP contribution >= 0.6 is 0 Å². The van der Waals surface area contributed by atoms with Crippen LogP contribution in [0.1, 0.15) is 36.8 Å². The van der Waals surface area contributed by atoms with E-state index in [0.717, 1.165) is 25.3 Å². The minimum Gasteiger partial charge on any atom is -0.493 e. The van der Waals surface area contributed by atoms with E-state index in [4.69, 9.17) is 9.84 Å². The van der Waals surface area contributed by atoms with Crippen LogP contribution in [0.15, 0.2) is 18.2 Å². The summed E-state index contributed by atoms with van der Waals surface area (Å²) in [5.41, 5.74) is 2.49. The molecule has 0 unspecified atom stereocenters. The Morgan fingerprint density at radius 1 is 1.05 bits per heavy atom. The SMILES string of the molecule is Cc1ccc(OCCCCCCNCCO)c(C)c1. The molecule has 0 bridgehead atoms. The molecule has 19 heavy (non-hydrogen) atoms. The Morgan fingerprint density at radius 3 is 2.58 bits per heavy atom. The van der Waals surface area contributed by atoms with Gasteiger partial charge in [-0.3, -0.25) is 0 Å². The number of rotatable bonds is 10. The first-order valence-corrected chi connectivity index (χ1v) is 7.25. The third kappa shape index (κ3) is 7.19. The van der Waals surface area contributed by atoms with Gasteiger partial charge in [0, 0.05) is 6.54 Å². The van der Waals surface area contributed by atoms with Gasteiger partial charge in [-0.05, 0) is 44.9 Å². The van der Waals surface area contributed by atoms with Crippen molar-refractivity contribution in [1.29, 1.82) is 0 Å². The molecular formula is C16H27NO2. The van der Waals surface area contributed by atoms with E-state index in [1.807, 2.05) is 0 Å². The van der Waals surface area contributed by atoms with Crippen LogP contribution < -0.4 is 10.1 Å². The first-order valence-electron chi connectivity index (χ1n) is 7.25. The molecule has 0 aliphatic rings. The Kier molecular flexibility index (Phi) is 8.26. The van der Waals surface area contributed by atoms with Gasteiger partial charge >= 0.3 is 0 Å². The summed E-state index contributed by atoms with van der Waals surface area (Å²) >= 11 is 0. The van der Waals surface area contributed by atoms with Gasteiger partial charge in [-0.2, -0.15) is 0 Å². The zero-order valence-electron chi connectivity index (χ0n) is 12.2. The molecule has 0 heterocycles. The fraction of sp³-hybridized carbons (Fsp3) is 0.625. The maximum atomic E-state index is 8.61. The molecule has 2 N–H and O–H groups in total. The molecule has 3 nitrogen and oxygen atoms in total. The maximum absolute atomic E-state index is 8.61. The number of aryl methyl sites for hydroxylation is 2. The average molecular weight is 265 g/mol. The molecule has 0 spiro atoms. The number of aliphatic hydroxyl groups excluding tert-OH is 1. The van der Waals surface area contributed by atoms with Crippen LogP contribution in [0.25, 0.3) is 0 Å². The van der Waals surface area contributed by atoms with Crippen LogP contribution in [0, 0.1) is 13.8 Å². The smallest absolute Gasteiger partial charge is 0.122 e. The van der Waals surface area contributed by atoms with Gasteiger partial charge in [0.15, 0.2) is 0 Å². The summed E-state index contributed by atoms with van der Waals surface area (Å²) in [6.07, 6.45) is 4.69. The van der Waals surface area contributed by atoms with Crippen molar-refractivity contribution in [2.75, 3.05) is 26.3 Å². The topological polar surface area (TPSA) is 41.5 Å². The van der Waals surface area contributed by atoms with Crippen molar-refractivity contribution in [1.82, 2.24) is 5.32 Å². The van der Waals surface area contributed by atoms with Gasteiger partial charge in [-0.25, -0.2) is 0 Å². The van der Waals surface area contributed by atoms with Gasteiger partial charge in [0.05, 0.1) is 13.2 Å². The van der Waals surface area contributed by atoms with E-state index >= 15 is 0 Å². The lowest BCUT2D eigenvalue weighted by molar-refractivity contribution is 0.290. The summed E-state index contributed by atoms with van der Waals surface area (Å²) in [6, 6.07) is 6.31. The van der Waals surface area contributed by atoms with Crippen LogP contribution in [0.4, 0.5) is 0 Å². The van der Waals surface area contributed by atoms with Crippen molar-refractivity contribution < 1.29 is 9.84 Å². The fourth-order valence-electron chi connectivity index (χ4n) is 2.05. The Morgan fingerprint density at radius 2 is 1.84 bits per heavy atom. The van der Waals surface area contributed by atoms with Crippen LogP contribution in [-0.4, -0.2) is 31.4 Å². The van der Waals surface area contributed by atoms with E-state index in [-0.39, 0.29) is 6.61 Å². The molecular weight excluding hydrogens is 238 g/mol. The Hall–Kier alpha value is -1.06. The van der Waals surface area contributed by atoms with Gasteiger partial charge in [0.2, 0.25) is 0 Å². The predicted molar refractivity (Wildman–Crippen MR) is 79.8 cm³/mol. The highest BCUT2D eigenvalue weighted by atomic mass is 16.5. The van der Waals surface area contributed by atoms with Crippen LogP contribution in [0.5, 0.6) is 5.75 Å². The van der Waals surface area contributed by atoms with Gasteiger partial charge < -0.3 is 15.2 Å². The summed E-state index contributed by atoms with van der Waals surface area (Å²) in [5.74, 6) is 1.01. The number of hydrogen-bond donors (Lipinski definition) is 2. The summed E-state index contributed by atoms with van der Waals surface area (Å²) < 4.78 is 5.79. The standard InChI is InChI=1S/C16H27NO2/c1-14-7-8-16(15(2)13-14)19-12-6-4-3-5-9-17-10-11-18/h7-8,13,17-18H,3-6,9-12H2,1-2H3. The number of aliphatic hydroxyl groups is 1. The monoisotopic (exact) mass is 265 g/mol. The van der Waals surface area contributed by atoms with Crippen LogP contribution in [0.2, 0.25) is 0 Å². The maximum Gasteiger partial charge on any atom is 0.122 e. The van der Waals surface area contributed by atoms with Crippen molar-refractivity contribution in [3.05, 3.63) is 29.3 Å². The highest BCUT2D eigenvalue weighted by Crippen LogP contribution is 2.19. The fourth-order valence-corrected chi connectivity index (χ4v) is 2.05. The van der Waals surface area contributed by atoms with Crippen LogP contribution in [-0.2, 0) is 0 Å². The number of hydrogen-bond acceptors (Lipinski definition) is 3. The second-order valence-electron chi connectivity index (χ2n) is 5.01. The summed E-state index contributed by atoms with van der Waals surface area (Å²) in [5, 5.41) is 11.8. The molecule has 0 saturated heterocycles. The summed E-state index contributed by atoms with van der Waals surface area (Å²) in [7, 11) is 0. The average Bonchev–Trinajstić information content (AvgIpc) is 2.39. The molecule has 1 aromatic rings. The summed E-state index contributed by atoms with van der Waals surface area (Å²) in [6.45, 7) is 6.92. The second-order valence-corrected chi connectivity index (χ2v) is 5.01. The second kappa shape index (κ2) is 9.82. The van der Waals surface area contributed by atoms with E-state index in [1.54, 1.807) is 0 Å². The quantitative estimate of drug-likeness (QED) is 0.639. The minimum absolute atomic E-state index is 0.226. The van der Waals surface area contributed by atoms with Crippen molar-refractivity contribution in [3.8, 4) is 5.75 Å². The van der Waals surface area contributed by atoms with Gasteiger partial charge in [-0.15, -0.1) is 0 Å². The number of unbranched alkanes of at least 4 members (excludes halogenated alkanes) is 3. The molecule has 0 aliphatic carbocycles. The molecule has 108 valence electrons. The zero-order chi connectivity index (χ0) is 13.9. The number of ether oxygens (including phenoxy) is 1. The first-order chi connectivity index (χ1) is 9.24. The minimum atomic E-state index is 0.226. The molecule has 0 aromatic heterocycles. The Labute approximate surface area is 117 Å². The van der Waals surface area contributed by atoms with Crippen molar-refractivity contribution in [3.63, 3.8) is 0 Å². The van der Waals surface area contributed by atoms with Gasteiger partial charge in [-0.1, -0.05) is 30.5 Å². The van der Waals surface area contributed by atoms with Crippen LogP contribution in [0.3, 0.4) is 0 Å². The van der Waals surface area contributed by atoms with Crippen molar-refractivity contribution in [2.45, 2.75) is 39.5 Å². The highest BCUT2D eigenvalue weighted by molar-refractivity contribution is 5.35. The Balaban J connectivity index is 2.01. The van der Waals surface area contributed by atoms with Crippen molar-refractivity contribution >= 4 is 0 Å². The Bertz CT molecular complexity index is 353. The molecule has 0 saturated carbocycles. The molecule has 1 aromatic carbocycles. The zero-order valence-corrected chi connectivity index (χ0v) is 12.2. The van der Waals surface area contributed by atoms with E-state index in [9.17, 15) is 0 Å². The lowest BCUT2D eigenvalue weighted by atomic mass is 10.1. The largest absolute Gasteiger partial charge is 0.493 e. The molecule has 0 aliphatic heterocycles. The molecule has 1 rings (SSSR count). The van der Waals surface area contributed by atoms with Crippen molar-refractivity contribution in [2.24, 2.45) is 0 Å². The number of benzene rings is 1. The molecule has 0 radical (unpaired) electrons. The van der Waals surface area contributed by atoms with E-state index < -0.39 is 0 Å². The predicted octanol–water partition coefficient (Wildman–Crippen LogP) is 2.82. The van der Waals surface area contributed by atoms with Gasteiger partial charge in [0.25, 0.3) is 0 Å². The molecule has 0 amide bonds. The van der Waals surface area contributed by atoms with E-state index in [2.05, 4.69) is 37.4 Å². The highest BCUT2D eigenvalue weighted by Gasteiger charge is 1.99.